The molecule has 0 aliphatic heterocycles. The van der Waals surface area contributed by atoms with Crippen molar-refractivity contribution in [1.82, 2.24) is 19.1 Å². The van der Waals surface area contributed by atoms with Crippen molar-refractivity contribution in [1.29, 1.82) is 5.26 Å². The van der Waals surface area contributed by atoms with Gasteiger partial charge in [-0.3, -0.25) is 14.3 Å². The van der Waals surface area contributed by atoms with Crippen LogP contribution >= 0.6 is 0 Å². The van der Waals surface area contributed by atoms with Crippen LogP contribution in [-0.4, -0.2) is 33.8 Å². The molecule has 1 aliphatic rings. The first kappa shape index (κ1) is 23.2. The molecule has 0 atom stereocenters. The van der Waals surface area contributed by atoms with E-state index in [0.717, 1.165) is 37.1 Å². The molecule has 1 N–H and O–H groups in total. The van der Waals surface area contributed by atoms with E-state index in [1.165, 1.54) is 6.08 Å². The zero-order valence-electron chi connectivity index (χ0n) is 19.5. The number of H-pyrrole nitrogens is 1. The van der Waals surface area contributed by atoms with E-state index in [0.29, 0.717) is 35.8 Å². The number of fused-ring (bicyclic) bond motifs is 3. The third kappa shape index (κ3) is 5.02. The number of ether oxygens (including phenoxy) is 1. The highest BCUT2D eigenvalue weighted by Gasteiger charge is 2.25. The van der Waals surface area contributed by atoms with Crippen molar-refractivity contribution in [3.05, 3.63) is 51.5 Å². The second-order valence-corrected chi connectivity index (χ2v) is 15.7. The predicted octanol–water partition coefficient (Wildman–Crippen LogP) is 4.16. The minimum atomic E-state index is -1.17. The number of pyridine rings is 1. The van der Waals surface area contributed by atoms with Gasteiger partial charge in [0.25, 0.3) is 5.56 Å². The van der Waals surface area contributed by atoms with Gasteiger partial charge in [0.15, 0.2) is 0 Å². The van der Waals surface area contributed by atoms with Crippen LogP contribution in [0.3, 0.4) is 0 Å². The van der Waals surface area contributed by atoms with Crippen LogP contribution in [0.5, 0.6) is 0 Å². The van der Waals surface area contributed by atoms with Gasteiger partial charge in [-0.05, 0) is 43.7 Å². The average Bonchev–Trinajstić information content (AvgIpc) is 3.19. The molecule has 0 radical (unpaired) electrons. The molecule has 0 amide bonds. The molecule has 0 unspecified atom stereocenters. The number of nitrogens with zero attached hydrogens (tertiary/aromatic N) is 4. The lowest BCUT2D eigenvalue weighted by Gasteiger charge is -2.29. The van der Waals surface area contributed by atoms with Crippen molar-refractivity contribution < 1.29 is 4.74 Å². The van der Waals surface area contributed by atoms with Crippen LogP contribution in [0.25, 0.3) is 21.9 Å². The van der Waals surface area contributed by atoms with Crippen LogP contribution in [0.2, 0.25) is 25.7 Å². The fourth-order valence-electron chi connectivity index (χ4n) is 4.60. The molecule has 0 saturated heterocycles. The Hall–Kier alpha value is -2.96. The van der Waals surface area contributed by atoms with Crippen molar-refractivity contribution >= 4 is 30.0 Å². The zero-order chi connectivity index (χ0) is 23.6. The molecule has 174 valence electrons. The summed E-state index contributed by atoms with van der Waals surface area (Å²) in [5.74, 6) is 0.349. The molecule has 1 fully saturated rings. The Bertz CT molecular complexity index is 1330. The summed E-state index contributed by atoms with van der Waals surface area (Å²) >= 11 is 0. The predicted molar refractivity (Wildman–Crippen MR) is 132 cm³/mol. The van der Waals surface area contributed by atoms with Gasteiger partial charge < -0.3 is 9.30 Å². The molecule has 9 heteroatoms. The van der Waals surface area contributed by atoms with Gasteiger partial charge in [0, 0.05) is 44.6 Å². The molecule has 8 nitrogen and oxygen atoms in total. The van der Waals surface area contributed by atoms with E-state index in [4.69, 9.17) is 10.00 Å². The highest BCUT2D eigenvalue weighted by atomic mass is 28.3. The molecule has 4 rings (SSSR count). The van der Waals surface area contributed by atoms with Gasteiger partial charge in [-0.25, -0.2) is 9.78 Å². The summed E-state index contributed by atoms with van der Waals surface area (Å²) in [6.45, 7) is 8.05. The Kier molecular flexibility index (Phi) is 6.67. The SMILES string of the molecule is C[Si](C)(C)CCOCn1ccc2c1ncc1c(=O)[nH]c(=O)n(C3CCC(C=CC#N)CC3)c12. The first-order valence-electron chi connectivity index (χ1n) is 11.5. The second kappa shape index (κ2) is 9.49. The standard InChI is InChI=1S/C24H31N5O3Si/c1-33(2,3)14-13-32-16-28-12-10-19-21-20(15-26-22(19)28)23(30)27-24(31)29(21)18-8-6-17(7-9-18)5-4-11-25/h4-5,10,12,15,17-18H,6-9,13-14,16H2,1-3H3,(H,27,30,31). The van der Waals surface area contributed by atoms with E-state index in [-0.39, 0.29) is 11.7 Å². The van der Waals surface area contributed by atoms with Gasteiger partial charge in [-0.2, -0.15) is 5.26 Å². The quantitative estimate of drug-likeness (QED) is 0.320. The van der Waals surface area contributed by atoms with E-state index in [1.54, 1.807) is 10.8 Å². The van der Waals surface area contributed by atoms with E-state index >= 15 is 0 Å². The van der Waals surface area contributed by atoms with Crippen LogP contribution < -0.4 is 11.2 Å². The maximum Gasteiger partial charge on any atom is 0.329 e. The molecule has 1 aliphatic carbocycles. The van der Waals surface area contributed by atoms with Crippen molar-refractivity contribution in [3.63, 3.8) is 0 Å². The molecule has 33 heavy (non-hydrogen) atoms. The van der Waals surface area contributed by atoms with Crippen molar-refractivity contribution in [2.75, 3.05) is 6.61 Å². The topological polar surface area (TPSA) is 106 Å². The minimum Gasteiger partial charge on any atom is -0.361 e. The third-order valence-corrected chi connectivity index (χ3v) is 8.17. The number of aromatic nitrogens is 4. The van der Waals surface area contributed by atoms with Crippen LogP contribution in [0.15, 0.2) is 40.2 Å². The Labute approximate surface area is 193 Å². The van der Waals surface area contributed by atoms with Gasteiger partial charge in [0.1, 0.15) is 12.4 Å². The van der Waals surface area contributed by atoms with E-state index in [1.807, 2.05) is 22.9 Å². The summed E-state index contributed by atoms with van der Waals surface area (Å²) in [5.41, 5.74) is 0.561. The highest BCUT2D eigenvalue weighted by Crippen LogP contribution is 2.34. The number of rotatable bonds is 7. The highest BCUT2D eigenvalue weighted by molar-refractivity contribution is 6.76. The molecule has 3 aromatic heterocycles. The Morgan fingerprint density at radius 3 is 2.70 bits per heavy atom. The molecular weight excluding hydrogens is 434 g/mol. The maximum atomic E-state index is 13.0. The lowest BCUT2D eigenvalue weighted by molar-refractivity contribution is 0.0899. The van der Waals surface area contributed by atoms with Crippen LogP contribution in [0, 0.1) is 17.2 Å². The zero-order valence-corrected chi connectivity index (χ0v) is 20.5. The summed E-state index contributed by atoms with van der Waals surface area (Å²) < 4.78 is 9.58. The van der Waals surface area contributed by atoms with Crippen LogP contribution in [-0.2, 0) is 11.5 Å². The fourth-order valence-corrected chi connectivity index (χ4v) is 5.36. The lowest BCUT2D eigenvalue weighted by Crippen LogP contribution is -2.34. The number of hydrogen-bond donors (Lipinski definition) is 1. The van der Waals surface area contributed by atoms with Gasteiger partial charge in [0.2, 0.25) is 0 Å². The molecular formula is C24H31N5O3Si. The van der Waals surface area contributed by atoms with Crippen molar-refractivity contribution in [3.8, 4) is 6.07 Å². The smallest absolute Gasteiger partial charge is 0.329 e. The second-order valence-electron chi connectivity index (χ2n) is 10.1. The van der Waals surface area contributed by atoms with Gasteiger partial charge in [-0.1, -0.05) is 25.7 Å². The van der Waals surface area contributed by atoms with Crippen molar-refractivity contribution in [2.24, 2.45) is 5.92 Å². The number of nitrogens with one attached hydrogen (secondary N) is 1. The molecule has 3 aromatic rings. The summed E-state index contributed by atoms with van der Waals surface area (Å²) in [5, 5.41) is 9.99. The largest absolute Gasteiger partial charge is 0.361 e. The number of hydrogen-bond acceptors (Lipinski definition) is 5. The molecule has 0 bridgehead atoms. The summed E-state index contributed by atoms with van der Waals surface area (Å²) in [6.07, 6.45) is 10.4. The normalized spacial score (nSPS) is 19.5. The van der Waals surface area contributed by atoms with Crippen molar-refractivity contribution in [2.45, 2.75) is 64.1 Å². The minimum absolute atomic E-state index is 0.00877. The summed E-state index contributed by atoms with van der Waals surface area (Å²) in [7, 11) is -1.17. The Balaban J connectivity index is 1.69. The average molecular weight is 466 g/mol. The first-order chi connectivity index (χ1) is 15.8. The Morgan fingerprint density at radius 2 is 2.00 bits per heavy atom. The van der Waals surface area contributed by atoms with E-state index in [2.05, 4.69) is 35.7 Å². The summed E-state index contributed by atoms with van der Waals surface area (Å²) in [6, 6.07) is 5.05. The maximum absolute atomic E-state index is 13.0. The number of allylic oxidation sites excluding steroid dienone is 2. The molecule has 0 aromatic carbocycles. The molecule has 3 heterocycles. The lowest BCUT2D eigenvalue weighted by atomic mass is 9.85. The van der Waals surface area contributed by atoms with Gasteiger partial charge >= 0.3 is 5.69 Å². The Morgan fingerprint density at radius 1 is 1.24 bits per heavy atom. The fraction of sp³-hybridized carbons (Fsp3) is 0.500. The van der Waals surface area contributed by atoms with Crippen LogP contribution in [0.4, 0.5) is 0 Å². The molecule has 0 spiro atoms. The number of nitriles is 1. The van der Waals surface area contributed by atoms with E-state index in [9.17, 15) is 9.59 Å². The van der Waals surface area contributed by atoms with Crippen LogP contribution in [0.1, 0.15) is 31.7 Å². The van der Waals surface area contributed by atoms with E-state index < -0.39 is 13.6 Å². The third-order valence-electron chi connectivity index (χ3n) is 6.46. The molecule has 1 saturated carbocycles. The first-order valence-corrected chi connectivity index (χ1v) is 15.3. The van der Waals surface area contributed by atoms with Gasteiger partial charge in [-0.15, -0.1) is 0 Å². The summed E-state index contributed by atoms with van der Waals surface area (Å²) in [4.78, 5) is 32.6. The monoisotopic (exact) mass is 465 g/mol. The van der Waals surface area contributed by atoms with Gasteiger partial charge in [0.05, 0.1) is 17.0 Å². The number of aromatic amines is 1.